The van der Waals surface area contributed by atoms with Gasteiger partial charge in [0.2, 0.25) is 11.7 Å². The molecule has 2 aromatic rings. The molecule has 0 amide bonds. The van der Waals surface area contributed by atoms with E-state index in [4.69, 9.17) is 9.47 Å². The molecule has 25 heavy (non-hydrogen) atoms. The van der Waals surface area contributed by atoms with Crippen molar-refractivity contribution in [3.63, 3.8) is 0 Å². The van der Waals surface area contributed by atoms with Crippen LogP contribution in [0.4, 0.5) is 5.95 Å². The number of carbonyl (C=O) groups is 1. The highest BCUT2D eigenvalue weighted by Crippen LogP contribution is 2.44. The zero-order valence-corrected chi connectivity index (χ0v) is 13.9. The van der Waals surface area contributed by atoms with Crippen molar-refractivity contribution < 1.29 is 19.4 Å². The third-order valence-corrected chi connectivity index (χ3v) is 4.63. The first-order valence-electron chi connectivity index (χ1n) is 8.01. The Kier molecular flexibility index (Phi) is 3.60. The SMILES string of the molecule is COc1cc(C2C3=C(CCCC3=O)Nc3ncnn32)cc(OC)c1O. The molecule has 0 fully saturated rings. The summed E-state index contributed by atoms with van der Waals surface area (Å²) in [4.78, 5) is 16.9. The number of nitrogens with zero attached hydrogens (tertiary/aromatic N) is 3. The fraction of sp³-hybridized carbons (Fsp3) is 0.353. The highest BCUT2D eigenvalue weighted by Gasteiger charge is 2.36. The number of anilines is 1. The molecule has 130 valence electrons. The highest BCUT2D eigenvalue weighted by atomic mass is 16.5. The maximum Gasteiger partial charge on any atom is 0.226 e. The van der Waals surface area contributed by atoms with Crippen LogP contribution in [0.25, 0.3) is 0 Å². The van der Waals surface area contributed by atoms with Crippen LogP contribution in [0.3, 0.4) is 0 Å². The van der Waals surface area contributed by atoms with Gasteiger partial charge in [0.25, 0.3) is 0 Å². The number of aromatic nitrogens is 3. The van der Waals surface area contributed by atoms with Crippen molar-refractivity contribution in [3.8, 4) is 17.2 Å². The van der Waals surface area contributed by atoms with Crippen LogP contribution < -0.4 is 14.8 Å². The van der Waals surface area contributed by atoms with Crippen LogP contribution in [0.1, 0.15) is 30.9 Å². The summed E-state index contributed by atoms with van der Waals surface area (Å²) in [6.45, 7) is 0. The minimum Gasteiger partial charge on any atom is -0.502 e. The molecule has 0 spiro atoms. The Hall–Kier alpha value is -3.03. The van der Waals surface area contributed by atoms with Gasteiger partial charge in [0.15, 0.2) is 17.3 Å². The number of aromatic hydroxyl groups is 1. The van der Waals surface area contributed by atoms with E-state index in [1.165, 1.54) is 20.5 Å². The number of Topliss-reactive ketones (excluding diaryl/α,β-unsaturated/α-hetero) is 1. The van der Waals surface area contributed by atoms with Crippen molar-refractivity contribution in [2.45, 2.75) is 25.3 Å². The molecule has 2 aliphatic rings. The molecule has 1 aromatic carbocycles. The van der Waals surface area contributed by atoms with Gasteiger partial charge in [-0.05, 0) is 30.5 Å². The fourth-order valence-corrected chi connectivity index (χ4v) is 3.48. The second-order valence-corrected chi connectivity index (χ2v) is 6.00. The third kappa shape index (κ3) is 2.33. The highest BCUT2D eigenvalue weighted by molar-refractivity contribution is 5.99. The lowest BCUT2D eigenvalue weighted by Crippen LogP contribution is -2.31. The number of allylic oxidation sites excluding steroid dienone is 2. The molecule has 1 unspecified atom stereocenters. The van der Waals surface area contributed by atoms with Gasteiger partial charge in [-0.2, -0.15) is 10.1 Å². The van der Waals surface area contributed by atoms with Crippen LogP contribution in [0.2, 0.25) is 0 Å². The quantitative estimate of drug-likeness (QED) is 0.880. The molecule has 0 saturated carbocycles. The van der Waals surface area contributed by atoms with E-state index in [0.29, 0.717) is 17.9 Å². The van der Waals surface area contributed by atoms with E-state index in [1.54, 1.807) is 16.8 Å². The summed E-state index contributed by atoms with van der Waals surface area (Å²) in [7, 11) is 2.94. The molecular weight excluding hydrogens is 324 g/mol. The summed E-state index contributed by atoms with van der Waals surface area (Å²) in [6.07, 6.45) is 3.56. The number of benzene rings is 1. The van der Waals surface area contributed by atoms with Crippen LogP contribution >= 0.6 is 0 Å². The number of carbonyl (C=O) groups excluding carboxylic acids is 1. The predicted molar refractivity (Wildman–Crippen MR) is 88.9 cm³/mol. The standard InChI is InChI=1S/C17H18N4O4/c1-24-12-6-9(7-13(25-2)16(12)23)15-14-10(4-3-5-11(14)22)20-17-18-8-19-21(15)17/h6-8,15,23H,3-5H2,1-2H3,(H,18,19,20). The van der Waals surface area contributed by atoms with E-state index in [1.807, 2.05) is 0 Å². The maximum atomic E-state index is 12.6. The van der Waals surface area contributed by atoms with Crippen molar-refractivity contribution >= 4 is 11.7 Å². The smallest absolute Gasteiger partial charge is 0.226 e. The third-order valence-electron chi connectivity index (χ3n) is 4.63. The molecular formula is C17H18N4O4. The van der Waals surface area contributed by atoms with Crippen LogP contribution in [-0.4, -0.2) is 39.9 Å². The van der Waals surface area contributed by atoms with Crippen LogP contribution in [0, 0.1) is 0 Å². The van der Waals surface area contributed by atoms with E-state index in [0.717, 1.165) is 24.1 Å². The first-order valence-corrected chi connectivity index (χ1v) is 8.01. The molecule has 2 heterocycles. The summed E-state index contributed by atoms with van der Waals surface area (Å²) in [5.41, 5.74) is 2.30. The lowest BCUT2D eigenvalue weighted by molar-refractivity contribution is -0.116. The van der Waals surface area contributed by atoms with Crippen molar-refractivity contribution in [2.75, 3.05) is 19.5 Å². The minimum absolute atomic E-state index is 0.0781. The predicted octanol–water partition coefficient (Wildman–Crippen LogP) is 2.02. The monoisotopic (exact) mass is 342 g/mol. The van der Waals surface area contributed by atoms with Crippen LogP contribution in [-0.2, 0) is 4.79 Å². The Bertz CT molecular complexity index is 862. The minimum atomic E-state index is -0.440. The van der Waals surface area contributed by atoms with Crippen LogP contribution in [0.15, 0.2) is 29.7 Å². The van der Waals surface area contributed by atoms with Crippen LogP contribution in [0.5, 0.6) is 17.2 Å². The second-order valence-electron chi connectivity index (χ2n) is 6.00. The van der Waals surface area contributed by atoms with Gasteiger partial charge in [0.05, 0.1) is 14.2 Å². The first kappa shape index (κ1) is 15.5. The largest absolute Gasteiger partial charge is 0.502 e. The fourth-order valence-electron chi connectivity index (χ4n) is 3.48. The van der Waals surface area contributed by atoms with Gasteiger partial charge < -0.3 is 19.9 Å². The van der Waals surface area contributed by atoms with E-state index in [-0.39, 0.29) is 23.0 Å². The lowest BCUT2D eigenvalue weighted by Gasteiger charge is -2.32. The summed E-state index contributed by atoms with van der Waals surface area (Å²) in [5.74, 6) is 1.15. The van der Waals surface area contributed by atoms with Gasteiger partial charge in [-0.25, -0.2) is 4.68 Å². The molecule has 1 atom stereocenters. The number of hydrogen-bond donors (Lipinski definition) is 2. The molecule has 4 rings (SSSR count). The van der Waals surface area contributed by atoms with E-state index in [2.05, 4.69) is 15.4 Å². The summed E-state index contributed by atoms with van der Waals surface area (Å²) in [5, 5.41) is 17.7. The number of ketones is 1. The van der Waals surface area contributed by atoms with Gasteiger partial charge in [-0.1, -0.05) is 0 Å². The molecule has 1 aliphatic heterocycles. The van der Waals surface area contributed by atoms with Crippen molar-refractivity contribution in [1.29, 1.82) is 0 Å². The van der Waals surface area contributed by atoms with Gasteiger partial charge in [-0.15, -0.1) is 0 Å². The van der Waals surface area contributed by atoms with E-state index in [9.17, 15) is 9.90 Å². The zero-order valence-electron chi connectivity index (χ0n) is 13.9. The number of methoxy groups -OCH3 is 2. The Balaban J connectivity index is 1.94. The first-order chi connectivity index (χ1) is 12.1. The number of nitrogens with one attached hydrogen (secondary N) is 1. The molecule has 2 N–H and O–H groups in total. The lowest BCUT2D eigenvalue weighted by atomic mass is 9.85. The average Bonchev–Trinajstić information content (AvgIpc) is 3.08. The topological polar surface area (TPSA) is 98.5 Å². The Morgan fingerprint density at radius 1 is 1.24 bits per heavy atom. The number of hydrogen-bond acceptors (Lipinski definition) is 7. The van der Waals surface area contributed by atoms with Gasteiger partial charge in [0.1, 0.15) is 12.4 Å². The van der Waals surface area contributed by atoms with E-state index < -0.39 is 6.04 Å². The van der Waals surface area contributed by atoms with Gasteiger partial charge in [-0.3, -0.25) is 4.79 Å². The van der Waals surface area contributed by atoms with Crippen molar-refractivity contribution in [3.05, 3.63) is 35.3 Å². The van der Waals surface area contributed by atoms with Gasteiger partial charge >= 0.3 is 0 Å². The number of phenolic OH excluding ortho intramolecular Hbond substituents is 1. The number of fused-ring (bicyclic) bond motifs is 1. The molecule has 8 heteroatoms. The molecule has 0 radical (unpaired) electrons. The molecule has 1 aliphatic carbocycles. The van der Waals surface area contributed by atoms with E-state index >= 15 is 0 Å². The second kappa shape index (κ2) is 5.80. The Morgan fingerprint density at radius 2 is 1.96 bits per heavy atom. The number of rotatable bonds is 3. The molecule has 0 saturated heterocycles. The average molecular weight is 342 g/mol. The Morgan fingerprint density at radius 3 is 2.64 bits per heavy atom. The summed E-state index contributed by atoms with van der Waals surface area (Å²) in [6, 6.07) is 2.96. The molecule has 8 nitrogen and oxygen atoms in total. The normalized spacial score (nSPS) is 19.1. The summed E-state index contributed by atoms with van der Waals surface area (Å²) >= 11 is 0. The molecule has 1 aromatic heterocycles. The van der Waals surface area contributed by atoms with Crippen molar-refractivity contribution in [1.82, 2.24) is 14.8 Å². The summed E-state index contributed by atoms with van der Waals surface area (Å²) < 4.78 is 12.2. The number of ether oxygens (including phenoxy) is 2. The maximum absolute atomic E-state index is 12.6. The van der Waals surface area contributed by atoms with Crippen molar-refractivity contribution in [2.24, 2.45) is 0 Å². The van der Waals surface area contributed by atoms with Gasteiger partial charge in [0, 0.05) is 17.7 Å². The molecule has 0 bridgehead atoms. The number of phenols is 1. The zero-order chi connectivity index (χ0) is 17.6. The Labute approximate surface area is 144 Å².